The van der Waals surface area contributed by atoms with E-state index in [1.54, 1.807) is 0 Å². The number of nitrogens with zero attached hydrogens (tertiary/aromatic N) is 1. The highest BCUT2D eigenvalue weighted by Gasteiger charge is 2.23. The molecule has 3 rings (SSSR count). The van der Waals surface area contributed by atoms with Gasteiger partial charge in [0.1, 0.15) is 0 Å². The molecule has 2 aromatic rings. The number of aryl methyl sites for hydroxylation is 1. The second kappa shape index (κ2) is 7.28. The quantitative estimate of drug-likeness (QED) is 0.920. The lowest BCUT2D eigenvalue weighted by atomic mass is 9.96. The van der Waals surface area contributed by atoms with Crippen molar-refractivity contribution in [3.63, 3.8) is 0 Å². The fraction of sp³-hybridized carbons (Fsp3) is 0.368. The van der Waals surface area contributed by atoms with Gasteiger partial charge in [-0.3, -0.25) is 4.90 Å². The van der Waals surface area contributed by atoms with E-state index in [4.69, 9.17) is 11.6 Å². The van der Waals surface area contributed by atoms with E-state index in [2.05, 4.69) is 53.5 Å². The fourth-order valence-electron chi connectivity index (χ4n) is 3.13. The van der Waals surface area contributed by atoms with Crippen LogP contribution in [0.3, 0.4) is 0 Å². The Morgan fingerprint density at radius 3 is 2.23 bits per heavy atom. The highest BCUT2D eigenvalue weighted by atomic mass is 35.5. The molecule has 0 bridgehead atoms. The van der Waals surface area contributed by atoms with E-state index in [0.717, 1.165) is 31.2 Å². The van der Waals surface area contributed by atoms with E-state index < -0.39 is 0 Å². The maximum atomic E-state index is 6.07. The summed E-state index contributed by atoms with van der Waals surface area (Å²) < 4.78 is 0. The van der Waals surface area contributed by atoms with Gasteiger partial charge in [0.05, 0.1) is 6.04 Å². The van der Waals surface area contributed by atoms with Crippen LogP contribution in [0, 0.1) is 6.92 Å². The van der Waals surface area contributed by atoms with Gasteiger partial charge in [-0.1, -0.05) is 53.6 Å². The molecule has 1 fully saturated rings. The molecule has 1 N–H and O–H groups in total. The van der Waals surface area contributed by atoms with E-state index >= 15 is 0 Å². The highest BCUT2D eigenvalue weighted by Crippen LogP contribution is 2.30. The Morgan fingerprint density at radius 1 is 0.909 bits per heavy atom. The zero-order valence-corrected chi connectivity index (χ0v) is 13.8. The third-order valence-corrected chi connectivity index (χ3v) is 4.57. The number of nitrogens with one attached hydrogen (secondary N) is 1. The summed E-state index contributed by atoms with van der Waals surface area (Å²) in [5.41, 5.74) is 3.97. The Kier molecular flexibility index (Phi) is 5.14. The van der Waals surface area contributed by atoms with Gasteiger partial charge in [-0.05, 0) is 43.1 Å². The SMILES string of the molecule is Cc1ccc(C(c2ccc(Cl)cc2)N2CCCNCC2)cc1. The standard InChI is InChI=1S/C19H23ClN2/c1-15-3-5-16(6-4-15)19(17-7-9-18(20)10-8-17)22-13-2-11-21-12-14-22/h3-10,19,21H,2,11-14H2,1H3. The molecule has 1 atom stereocenters. The summed E-state index contributed by atoms with van der Waals surface area (Å²) in [5, 5.41) is 4.29. The van der Waals surface area contributed by atoms with Crippen molar-refractivity contribution in [2.45, 2.75) is 19.4 Å². The van der Waals surface area contributed by atoms with Gasteiger partial charge in [0.25, 0.3) is 0 Å². The van der Waals surface area contributed by atoms with Gasteiger partial charge in [-0.15, -0.1) is 0 Å². The van der Waals surface area contributed by atoms with Crippen LogP contribution in [0.4, 0.5) is 0 Å². The van der Waals surface area contributed by atoms with Crippen molar-refractivity contribution in [3.05, 3.63) is 70.2 Å². The number of benzene rings is 2. The molecule has 0 saturated carbocycles. The molecule has 0 aliphatic carbocycles. The molecule has 0 aromatic heterocycles. The summed E-state index contributed by atoms with van der Waals surface area (Å²) in [5.74, 6) is 0. The minimum absolute atomic E-state index is 0.303. The third-order valence-electron chi connectivity index (χ3n) is 4.32. The van der Waals surface area contributed by atoms with Crippen molar-refractivity contribution in [1.29, 1.82) is 0 Å². The molecule has 1 unspecified atom stereocenters. The van der Waals surface area contributed by atoms with Crippen LogP contribution < -0.4 is 5.32 Å². The Labute approximate surface area is 138 Å². The number of hydrogen-bond acceptors (Lipinski definition) is 2. The van der Waals surface area contributed by atoms with Crippen LogP contribution in [0.1, 0.15) is 29.2 Å². The van der Waals surface area contributed by atoms with Crippen molar-refractivity contribution >= 4 is 11.6 Å². The minimum Gasteiger partial charge on any atom is -0.315 e. The second-order valence-corrected chi connectivity index (χ2v) is 6.44. The van der Waals surface area contributed by atoms with Crippen LogP contribution in [0.5, 0.6) is 0 Å². The largest absolute Gasteiger partial charge is 0.315 e. The molecule has 1 heterocycles. The van der Waals surface area contributed by atoms with Crippen LogP contribution in [0.15, 0.2) is 48.5 Å². The summed E-state index contributed by atoms with van der Waals surface area (Å²) in [7, 11) is 0. The van der Waals surface area contributed by atoms with Crippen LogP contribution in [0.2, 0.25) is 5.02 Å². The van der Waals surface area contributed by atoms with Gasteiger partial charge < -0.3 is 5.32 Å². The molecule has 22 heavy (non-hydrogen) atoms. The van der Waals surface area contributed by atoms with Crippen molar-refractivity contribution in [1.82, 2.24) is 10.2 Å². The predicted molar refractivity (Wildman–Crippen MR) is 93.5 cm³/mol. The highest BCUT2D eigenvalue weighted by molar-refractivity contribution is 6.30. The number of hydrogen-bond donors (Lipinski definition) is 1. The molecule has 0 amide bonds. The molecular weight excluding hydrogens is 292 g/mol. The molecule has 1 saturated heterocycles. The molecule has 1 aliphatic rings. The van der Waals surface area contributed by atoms with Gasteiger partial charge in [0, 0.05) is 24.7 Å². The lowest BCUT2D eigenvalue weighted by molar-refractivity contribution is 0.241. The maximum Gasteiger partial charge on any atom is 0.0602 e. The molecule has 2 aromatic carbocycles. The van der Waals surface area contributed by atoms with Crippen LogP contribution >= 0.6 is 11.6 Å². The smallest absolute Gasteiger partial charge is 0.0602 e. The lowest BCUT2D eigenvalue weighted by Gasteiger charge is -2.31. The van der Waals surface area contributed by atoms with Crippen molar-refractivity contribution in [2.75, 3.05) is 26.2 Å². The average molecular weight is 315 g/mol. The summed E-state index contributed by atoms with van der Waals surface area (Å²) >= 11 is 6.07. The zero-order chi connectivity index (χ0) is 15.4. The number of rotatable bonds is 3. The monoisotopic (exact) mass is 314 g/mol. The molecule has 1 aliphatic heterocycles. The Bertz CT molecular complexity index is 538. The molecule has 0 spiro atoms. The summed E-state index contributed by atoms with van der Waals surface area (Å²) in [4.78, 5) is 2.58. The van der Waals surface area contributed by atoms with E-state index in [0.29, 0.717) is 6.04 Å². The summed E-state index contributed by atoms with van der Waals surface area (Å²) in [6.07, 6.45) is 1.19. The van der Waals surface area contributed by atoms with Crippen molar-refractivity contribution < 1.29 is 0 Å². The van der Waals surface area contributed by atoms with Gasteiger partial charge in [-0.25, -0.2) is 0 Å². The maximum absolute atomic E-state index is 6.07. The van der Waals surface area contributed by atoms with Crippen molar-refractivity contribution in [3.8, 4) is 0 Å². The molecular formula is C19H23ClN2. The topological polar surface area (TPSA) is 15.3 Å². The van der Waals surface area contributed by atoms with Crippen LogP contribution in [0.25, 0.3) is 0 Å². The molecule has 0 radical (unpaired) electrons. The average Bonchev–Trinajstić information content (AvgIpc) is 2.81. The fourth-order valence-corrected chi connectivity index (χ4v) is 3.26. The Balaban J connectivity index is 1.96. The zero-order valence-electron chi connectivity index (χ0n) is 13.1. The molecule has 3 heteroatoms. The summed E-state index contributed by atoms with van der Waals surface area (Å²) in [6.45, 7) is 6.49. The van der Waals surface area contributed by atoms with Gasteiger partial charge >= 0.3 is 0 Å². The first-order chi connectivity index (χ1) is 10.7. The molecule has 116 valence electrons. The lowest BCUT2D eigenvalue weighted by Crippen LogP contribution is -2.33. The Hall–Kier alpha value is -1.35. The Morgan fingerprint density at radius 2 is 1.55 bits per heavy atom. The predicted octanol–water partition coefficient (Wildman–Crippen LogP) is 4.03. The normalized spacial score (nSPS) is 17.9. The second-order valence-electron chi connectivity index (χ2n) is 6.00. The molecule has 2 nitrogen and oxygen atoms in total. The minimum atomic E-state index is 0.303. The van der Waals surface area contributed by atoms with Crippen LogP contribution in [-0.2, 0) is 0 Å². The van der Waals surface area contributed by atoms with Gasteiger partial charge in [-0.2, -0.15) is 0 Å². The van der Waals surface area contributed by atoms with Crippen molar-refractivity contribution in [2.24, 2.45) is 0 Å². The van der Waals surface area contributed by atoms with Crippen LogP contribution in [-0.4, -0.2) is 31.1 Å². The van der Waals surface area contributed by atoms with Gasteiger partial charge in [0.2, 0.25) is 0 Å². The van der Waals surface area contributed by atoms with E-state index in [1.165, 1.54) is 23.1 Å². The van der Waals surface area contributed by atoms with E-state index in [-0.39, 0.29) is 0 Å². The first-order valence-electron chi connectivity index (χ1n) is 8.01. The first kappa shape index (κ1) is 15.5. The third kappa shape index (κ3) is 3.70. The summed E-state index contributed by atoms with van der Waals surface area (Å²) in [6, 6.07) is 17.5. The first-order valence-corrected chi connectivity index (χ1v) is 8.38. The number of halogens is 1. The van der Waals surface area contributed by atoms with E-state index in [1.807, 2.05) is 12.1 Å². The van der Waals surface area contributed by atoms with Gasteiger partial charge in [0.15, 0.2) is 0 Å². The van der Waals surface area contributed by atoms with E-state index in [9.17, 15) is 0 Å².